The van der Waals surface area contributed by atoms with E-state index in [1.807, 2.05) is 0 Å². The summed E-state index contributed by atoms with van der Waals surface area (Å²) < 4.78 is 2.89. The Balaban J connectivity index is 2.21. The van der Waals surface area contributed by atoms with Gasteiger partial charge in [-0.1, -0.05) is 93.8 Å². The summed E-state index contributed by atoms with van der Waals surface area (Å²) in [4.78, 5) is 2.48. The zero-order chi connectivity index (χ0) is 19.1. The first kappa shape index (κ1) is 19.2. The maximum atomic E-state index is 2.89. The molecule has 1 aliphatic rings. The number of para-hydroxylation sites is 1. The summed E-state index contributed by atoms with van der Waals surface area (Å²) in [5.74, 6) is 2.51. The monoisotopic (exact) mass is 378 g/mol. The molecule has 2 aromatic rings. The maximum Gasteiger partial charge on any atom is 0.357 e. The third kappa shape index (κ3) is 3.61. The van der Waals surface area contributed by atoms with E-state index in [9.17, 15) is 0 Å². The molecule has 0 saturated heterocycles. The number of nitrogens with zero attached hydrogens (tertiary/aromatic N) is 2. The molecule has 0 unspecified atom stereocenters. The lowest BCUT2D eigenvalue weighted by molar-refractivity contribution is 0.911. The molecule has 0 atom stereocenters. The van der Waals surface area contributed by atoms with Crippen molar-refractivity contribution in [3.63, 3.8) is 0 Å². The van der Waals surface area contributed by atoms with E-state index < -0.39 is 16.5 Å². The van der Waals surface area contributed by atoms with Crippen molar-refractivity contribution in [2.45, 2.75) is 39.3 Å². The van der Waals surface area contributed by atoms with E-state index in [0.717, 1.165) is 0 Å². The summed E-state index contributed by atoms with van der Waals surface area (Å²) in [6, 6.07) is 19.7. The number of fused-ring (bicyclic) bond motifs is 1. The van der Waals surface area contributed by atoms with Crippen molar-refractivity contribution in [3.8, 4) is 0 Å². The first-order valence-corrected chi connectivity index (χ1v) is 16.4. The minimum Gasteiger partial charge on any atom is -0.401 e. The molecule has 5 heteroatoms. The molecule has 136 valence electrons. The molecule has 26 heavy (non-hydrogen) atoms. The second kappa shape index (κ2) is 6.87. The fourth-order valence-electron chi connectivity index (χ4n) is 4.42. The highest BCUT2D eigenvalue weighted by atomic mass is 28.4. The molecule has 0 spiro atoms. The third-order valence-corrected chi connectivity index (χ3v) is 12.5. The van der Waals surface area contributed by atoms with Crippen LogP contribution in [0.2, 0.25) is 39.3 Å². The van der Waals surface area contributed by atoms with Gasteiger partial charge in [-0.25, -0.2) is 0 Å². The summed E-state index contributed by atoms with van der Waals surface area (Å²) in [6.07, 6.45) is 0. The average molecular weight is 378 g/mol. The molecule has 1 heterocycles. The van der Waals surface area contributed by atoms with Crippen molar-refractivity contribution in [2.75, 3.05) is 11.9 Å². The van der Waals surface area contributed by atoms with Crippen molar-refractivity contribution < 1.29 is 0 Å². The van der Waals surface area contributed by atoms with Gasteiger partial charge in [0.25, 0.3) is 0 Å². The van der Waals surface area contributed by atoms with Crippen LogP contribution in [0.15, 0.2) is 60.6 Å². The lowest BCUT2D eigenvalue weighted by Gasteiger charge is -2.50. The predicted octanol–water partition coefficient (Wildman–Crippen LogP) is 5.57. The molecule has 0 bridgehead atoms. The van der Waals surface area contributed by atoms with Crippen LogP contribution in [0.4, 0.5) is 5.69 Å². The summed E-state index contributed by atoms with van der Waals surface area (Å²) in [7, 11) is -0.730. The SMILES string of the molecule is CN1B(N([Si](C)(C)C)[Si](C)(C)C)C=C(c2ccccc2)c2ccccc21. The zero-order valence-corrected chi connectivity index (χ0v) is 19.2. The van der Waals surface area contributed by atoms with E-state index in [1.165, 1.54) is 22.4 Å². The van der Waals surface area contributed by atoms with Crippen molar-refractivity contribution in [1.29, 1.82) is 0 Å². The first-order valence-electron chi connectivity index (χ1n) is 9.49. The van der Waals surface area contributed by atoms with Crippen LogP contribution in [0.5, 0.6) is 0 Å². The summed E-state index contributed by atoms with van der Waals surface area (Å²) in [6.45, 7) is 15.2. The second-order valence-electron chi connectivity index (χ2n) is 9.20. The Morgan fingerprint density at radius 2 is 1.31 bits per heavy atom. The van der Waals surface area contributed by atoms with Crippen molar-refractivity contribution >= 4 is 34.7 Å². The van der Waals surface area contributed by atoms with Crippen LogP contribution in [-0.2, 0) is 0 Å². The summed E-state index contributed by atoms with van der Waals surface area (Å²) in [5.41, 5.74) is 5.35. The Kier molecular flexibility index (Phi) is 5.08. The molecule has 2 nitrogen and oxygen atoms in total. The number of anilines is 1. The number of hydrogen-bond acceptors (Lipinski definition) is 2. The molecule has 1 aliphatic heterocycles. The lowest BCUT2D eigenvalue weighted by atomic mass is 9.68. The van der Waals surface area contributed by atoms with E-state index in [-0.39, 0.29) is 0 Å². The smallest absolute Gasteiger partial charge is 0.357 e. The number of benzene rings is 2. The second-order valence-corrected chi connectivity index (χ2v) is 19.3. The molecular weight excluding hydrogens is 347 g/mol. The molecule has 0 saturated carbocycles. The Morgan fingerprint density at radius 3 is 1.88 bits per heavy atom. The number of hydrogen-bond donors (Lipinski definition) is 0. The maximum absolute atomic E-state index is 2.89. The van der Waals surface area contributed by atoms with Crippen LogP contribution in [0.3, 0.4) is 0 Å². The Hall–Kier alpha value is -1.56. The highest BCUT2D eigenvalue weighted by Gasteiger charge is 2.44. The van der Waals surface area contributed by atoms with Gasteiger partial charge in [-0.15, -0.1) is 0 Å². The van der Waals surface area contributed by atoms with Gasteiger partial charge in [0.1, 0.15) is 16.5 Å². The van der Waals surface area contributed by atoms with Crippen LogP contribution in [-0.4, -0.2) is 34.6 Å². The van der Waals surface area contributed by atoms with E-state index in [1.54, 1.807) is 0 Å². The van der Waals surface area contributed by atoms with E-state index in [2.05, 4.69) is 116 Å². The Labute approximate surface area is 161 Å². The van der Waals surface area contributed by atoms with Gasteiger partial charge in [0.15, 0.2) is 0 Å². The first-order chi connectivity index (χ1) is 12.1. The van der Waals surface area contributed by atoms with Crippen molar-refractivity contribution in [3.05, 3.63) is 71.7 Å². The van der Waals surface area contributed by atoms with Gasteiger partial charge in [-0.2, -0.15) is 0 Å². The van der Waals surface area contributed by atoms with Crippen LogP contribution in [0.25, 0.3) is 5.57 Å². The highest BCUT2D eigenvalue weighted by Crippen LogP contribution is 2.38. The van der Waals surface area contributed by atoms with Crippen LogP contribution in [0, 0.1) is 0 Å². The van der Waals surface area contributed by atoms with Gasteiger partial charge in [-0.05, 0) is 24.3 Å². The minimum atomic E-state index is -1.49. The zero-order valence-electron chi connectivity index (χ0n) is 17.2. The predicted molar refractivity (Wildman–Crippen MR) is 123 cm³/mol. The van der Waals surface area contributed by atoms with E-state index in [4.69, 9.17) is 0 Å². The summed E-state index contributed by atoms with van der Waals surface area (Å²) >= 11 is 0. The standard InChI is InChI=1S/C21H31BN2Si2/c1-23-21-16-12-11-15-19(21)20(18-13-9-8-10-14-18)17-22(23)24(25(2,3)4)26(5,6)7/h8-17H,1-7H3. The molecule has 3 rings (SSSR count). The third-order valence-electron chi connectivity index (χ3n) is 5.08. The largest absolute Gasteiger partial charge is 0.401 e. The Morgan fingerprint density at radius 1 is 0.769 bits per heavy atom. The number of rotatable bonds is 4. The Bertz CT molecular complexity index is 793. The van der Waals surface area contributed by atoms with Crippen LogP contribution < -0.4 is 4.81 Å². The van der Waals surface area contributed by atoms with Gasteiger partial charge in [0.2, 0.25) is 0 Å². The van der Waals surface area contributed by atoms with Gasteiger partial charge in [0, 0.05) is 11.3 Å². The fraction of sp³-hybridized carbons (Fsp3) is 0.333. The molecule has 0 aliphatic carbocycles. The summed E-state index contributed by atoms with van der Waals surface area (Å²) in [5, 5.41) is 0. The van der Waals surface area contributed by atoms with Crippen molar-refractivity contribution in [1.82, 2.24) is 4.14 Å². The quantitative estimate of drug-likeness (QED) is 0.642. The highest BCUT2D eigenvalue weighted by molar-refractivity contribution is 7.01. The van der Waals surface area contributed by atoms with Gasteiger partial charge < -0.3 is 8.95 Å². The van der Waals surface area contributed by atoms with Crippen molar-refractivity contribution in [2.24, 2.45) is 0 Å². The average Bonchev–Trinajstić information content (AvgIpc) is 2.56. The molecular formula is C21H31BN2Si2. The minimum absolute atomic E-state index is 0.318. The molecule has 2 aromatic carbocycles. The van der Waals surface area contributed by atoms with Crippen LogP contribution >= 0.6 is 0 Å². The topological polar surface area (TPSA) is 6.48 Å². The van der Waals surface area contributed by atoms with E-state index in [0.29, 0.717) is 6.98 Å². The lowest BCUT2D eigenvalue weighted by Crippen LogP contribution is -2.69. The van der Waals surface area contributed by atoms with E-state index >= 15 is 0 Å². The fourth-order valence-corrected chi connectivity index (χ4v) is 14.6. The van der Waals surface area contributed by atoms with Crippen LogP contribution in [0.1, 0.15) is 11.1 Å². The van der Waals surface area contributed by atoms with Gasteiger partial charge in [-0.3, -0.25) is 0 Å². The normalized spacial score (nSPS) is 15.2. The van der Waals surface area contributed by atoms with Gasteiger partial charge >= 0.3 is 6.98 Å². The molecule has 0 aromatic heterocycles. The molecule has 0 N–H and O–H groups in total. The molecule has 0 amide bonds. The van der Waals surface area contributed by atoms with Gasteiger partial charge in [0.05, 0.1) is 0 Å². The molecule has 0 radical (unpaired) electrons. The molecule has 0 fully saturated rings.